The third-order valence-electron chi connectivity index (χ3n) is 5.45. The predicted molar refractivity (Wildman–Crippen MR) is 94.6 cm³/mol. The van der Waals surface area contributed by atoms with Gasteiger partial charge in [-0.1, -0.05) is 37.1 Å². The van der Waals surface area contributed by atoms with Crippen LogP contribution in [0.25, 0.3) is 0 Å². The molecule has 1 saturated carbocycles. The minimum Gasteiger partial charge on any atom is -0.352 e. The average Bonchev–Trinajstić information content (AvgIpc) is 3.25. The molecule has 0 aromatic heterocycles. The summed E-state index contributed by atoms with van der Waals surface area (Å²) in [6.07, 6.45) is 6.63. The quantitative estimate of drug-likeness (QED) is 0.903. The molecule has 4 nitrogen and oxygen atoms in total. The van der Waals surface area contributed by atoms with Gasteiger partial charge in [-0.05, 0) is 43.7 Å². The Morgan fingerprint density at radius 3 is 2.67 bits per heavy atom. The third-order valence-corrected chi connectivity index (χ3v) is 5.45. The molecular weight excluding hydrogens is 300 g/mol. The molecule has 24 heavy (non-hydrogen) atoms. The summed E-state index contributed by atoms with van der Waals surface area (Å²) in [4.78, 5) is 26.6. The second kappa shape index (κ2) is 7.82. The van der Waals surface area contributed by atoms with Crippen LogP contribution in [0, 0.1) is 12.8 Å². The number of carbonyl (C=O) groups is 2. The second-order valence-electron chi connectivity index (χ2n) is 7.25. The number of hydrogen-bond donors (Lipinski definition) is 1. The van der Waals surface area contributed by atoms with Crippen LogP contribution in [0.5, 0.6) is 0 Å². The Hall–Kier alpha value is -1.84. The zero-order valence-electron chi connectivity index (χ0n) is 14.6. The number of nitrogens with one attached hydrogen (secondary N) is 1. The molecule has 1 aromatic rings. The fourth-order valence-electron chi connectivity index (χ4n) is 3.95. The van der Waals surface area contributed by atoms with Gasteiger partial charge >= 0.3 is 0 Å². The van der Waals surface area contributed by atoms with Crippen LogP contribution in [0.15, 0.2) is 24.3 Å². The van der Waals surface area contributed by atoms with E-state index in [-0.39, 0.29) is 17.9 Å². The first-order valence-electron chi connectivity index (χ1n) is 9.26. The summed E-state index contributed by atoms with van der Waals surface area (Å²) < 4.78 is 0. The van der Waals surface area contributed by atoms with Crippen molar-refractivity contribution in [2.45, 2.75) is 57.9 Å². The Balaban J connectivity index is 1.42. The molecule has 4 heteroatoms. The molecule has 1 unspecified atom stereocenters. The molecule has 1 atom stereocenters. The topological polar surface area (TPSA) is 49.4 Å². The van der Waals surface area contributed by atoms with E-state index in [1.807, 2.05) is 17.0 Å². The highest BCUT2D eigenvalue weighted by atomic mass is 16.2. The van der Waals surface area contributed by atoms with Crippen molar-refractivity contribution < 1.29 is 9.59 Å². The number of hydrogen-bond acceptors (Lipinski definition) is 2. The average molecular weight is 328 g/mol. The van der Waals surface area contributed by atoms with Crippen LogP contribution in [-0.2, 0) is 16.0 Å². The van der Waals surface area contributed by atoms with E-state index in [0.29, 0.717) is 18.9 Å². The standard InChI is InChI=1S/C20H28N2O2/c1-15-6-2-3-7-16(15)10-11-19(23)21-18-12-13-22(14-18)20(24)17-8-4-5-9-17/h2-3,6-7,17-18H,4-5,8-14H2,1H3,(H,21,23). The van der Waals surface area contributed by atoms with E-state index in [0.717, 1.165) is 32.2 Å². The zero-order valence-corrected chi connectivity index (χ0v) is 14.6. The number of likely N-dealkylation sites (tertiary alicyclic amines) is 1. The van der Waals surface area contributed by atoms with Gasteiger partial charge in [0.15, 0.2) is 0 Å². The van der Waals surface area contributed by atoms with Crippen molar-refractivity contribution in [2.24, 2.45) is 5.92 Å². The highest BCUT2D eigenvalue weighted by Gasteiger charge is 2.32. The van der Waals surface area contributed by atoms with Crippen LogP contribution >= 0.6 is 0 Å². The molecular formula is C20H28N2O2. The van der Waals surface area contributed by atoms with Gasteiger partial charge in [0.05, 0.1) is 0 Å². The predicted octanol–water partition coefficient (Wildman–Crippen LogP) is 2.83. The molecule has 1 aliphatic heterocycles. The number of benzene rings is 1. The Labute approximate surface area is 144 Å². The molecule has 0 radical (unpaired) electrons. The summed E-state index contributed by atoms with van der Waals surface area (Å²) in [7, 11) is 0. The van der Waals surface area contributed by atoms with E-state index in [1.165, 1.54) is 24.0 Å². The molecule has 1 saturated heterocycles. The highest BCUT2D eigenvalue weighted by molar-refractivity contribution is 5.80. The second-order valence-corrected chi connectivity index (χ2v) is 7.25. The van der Waals surface area contributed by atoms with Gasteiger partial charge in [0.25, 0.3) is 0 Å². The van der Waals surface area contributed by atoms with Crippen molar-refractivity contribution in [3.63, 3.8) is 0 Å². The molecule has 3 rings (SSSR count). The summed E-state index contributed by atoms with van der Waals surface area (Å²) in [5.74, 6) is 0.642. The van der Waals surface area contributed by atoms with Gasteiger partial charge in [-0.15, -0.1) is 0 Å². The van der Waals surface area contributed by atoms with Crippen LogP contribution in [0.4, 0.5) is 0 Å². The molecule has 2 amide bonds. The number of rotatable bonds is 5. The number of carbonyl (C=O) groups excluding carboxylic acids is 2. The van der Waals surface area contributed by atoms with Gasteiger partial charge in [-0.3, -0.25) is 9.59 Å². The lowest BCUT2D eigenvalue weighted by Gasteiger charge is -2.20. The van der Waals surface area contributed by atoms with Gasteiger partial charge in [0, 0.05) is 31.5 Å². The maximum absolute atomic E-state index is 12.4. The van der Waals surface area contributed by atoms with Gasteiger partial charge in [-0.25, -0.2) is 0 Å². The molecule has 2 fully saturated rings. The maximum atomic E-state index is 12.4. The van der Waals surface area contributed by atoms with Crippen LogP contribution in [-0.4, -0.2) is 35.8 Å². The normalized spacial score (nSPS) is 21.2. The zero-order chi connectivity index (χ0) is 16.9. The Morgan fingerprint density at radius 2 is 1.92 bits per heavy atom. The van der Waals surface area contributed by atoms with Crippen molar-refractivity contribution >= 4 is 11.8 Å². The molecule has 0 bridgehead atoms. The maximum Gasteiger partial charge on any atom is 0.225 e. The summed E-state index contributed by atoms with van der Waals surface area (Å²) in [6, 6.07) is 8.33. The molecule has 1 N–H and O–H groups in total. The van der Waals surface area contributed by atoms with Crippen LogP contribution in [0.2, 0.25) is 0 Å². The molecule has 1 heterocycles. The summed E-state index contributed by atoms with van der Waals surface area (Å²) in [5.41, 5.74) is 2.47. The van der Waals surface area contributed by atoms with Crippen molar-refractivity contribution in [1.29, 1.82) is 0 Å². The largest absolute Gasteiger partial charge is 0.352 e. The molecule has 1 aromatic carbocycles. The van der Waals surface area contributed by atoms with E-state index in [9.17, 15) is 9.59 Å². The van der Waals surface area contributed by atoms with Crippen molar-refractivity contribution in [3.8, 4) is 0 Å². The lowest BCUT2D eigenvalue weighted by molar-refractivity contribution is -0.134. The van der Waals surface area contributed by atoms with E-state index >= 15 is 0 Å². The van der Waals surface area contributed by atoms with Crippen LogP contribution in [0.3, 0.4) is 0 Å². The highest BCUT2D eigenvalue weighted by Crippen LogP contribution is 2.27. The first-order chi connectivity index (χ1) is 11.6. The van der Waals surface area contributed by atoms with Crippen molar-refractivity contribution in [1.82, 2.24) is 10.2 Å². The monoisotopic (exact) mass is 328 g/mol. The van der Waals surface area contributed by atoms with Gasteiger partial charge < -0.3 is 10.2 Å². The van der Waals surface area contributed by atoms with E-state index in [1.54, 1.807) is 0 Å². The van der Waals surface area contributed by atoms with E-state index in [4.69, 9.17) is 0 Å². The van der Waals surface area contributed by atoms with E-state index < -0.39 is 0 Å². The van der Waals surface area contributed by atoms with Gasteiger partial charge in [-0.2, -0.15) is 0 Å². The Bertz CT molecular complexity index is 593. The molecule has 2 aliphatic rings. The molecule has 0 spiro atoms. The first-order valence-corrected chi connectivity index (χ1v) is 9.26. The molecule has 130 valence electrons. The van der Waals surface area contributed by atoms with Crippen LogP contribution < -0.4 is 5.32 Å². The lowest BCUT2D eigenvalue weighted by Crippen LogP contribution is -2.39. The summed E-state index contributed by atoms with van der Waals surface area (Å²) in [5, 5.41) is 3.11. The number of amides is 2. The summed E-state index contributed by atoms with van der Waals surface area (Å²) in [6.45, 7) is 3.56. The van der Waals surface area contributed by atoms with Gasteiger partial charge in [0.2, 0.25) is 11.8 Å². The summed E-state index contributed by atoms with van der Waals surface area (Å²) >= 11 is 0. The fraction of sp³-hybridized carbons (Fsp3) is 0.600. The Kier molecular flexibility index (Phi) is 5.54. The van der Waals surface area contributed by atoms with Crippen molar-refractivity contribution in [2.75, 3.05) is 13.1 Å². The van der Waals surface area contributed by atoms with E-state index in [2.05, 4.69) is 24.4 Å². The van der Waals surface area contributed by atoms with Gasteiger partial charge in [0.1, 0.15) is 0 Å². The fourth-order valence-corrected chi connectivity index (χ4v) is 3.95. The minimum atomic E-state index is 0.0958. The number of nitrogens with zero attached hydrogens (tertiary/aromatic N) is 1. The first kappa shape index (κ1) is 17.0. The Morgan fingerprint density at radius 1 is 1.17 bits per heavy atom. The third kappa shape index (κ3) is 4.16. The van der Waals surface area contributed by atoms with Crippen LogP contribution in [0.1, 0.15) is 49.7 Å². The number of aryl methyl sites for hydroxylation is 2. The molecule has 1 aliphatic carbocycles. The van der Waals surface area contributed by atoms with Crippen molar-refractivity contribution in [3.05, 3.63) is 35.4 Å². The lowest BCUT2D eigenvalue weighted by atomic mass is 10.0. The SMILES string of the molecule is Cc1ccccc1CCC(=O)NC1CCN(C(=O)C2CCCC2)C1. The smallest absolute Gasteiger partial charge is 0.225 e. The minimum absolute atomic E-state index is 0.0958.